The summed E-state index contributed by atoms with van der Waals surface area (Å²) in [6.07, 6.45) is -0.165. The Morgan fingerprint density at radius 1 is 1.40 bits per heavy atom. The molecule has 0 spiro atoms. The van der Waals surface area contributed by atoms with Gasteiger partial charge in [0.1, 0.15) is 11.8 Å². The third-order valence-corrected chi connectivity index (χ3v) is 5.67. The molecule has 0 aliphatic carbocycles. The minimum absolute atomic E-state index is 0.146. The first-order valence-corrected chi connectivity index (χ1v) is 8.18. The van der Waals surface area contributed by atoms with Gasteiger partial charge in [-0.1, -0.05) is 17.7 Å². The van der Waals surface area contributed by atoms with Crippen molar-refractivity contribution in [2.24, 2.45) is 0 Å². The van der Waals surface area contributed by atoms with Crippen LogP contribution in [0.25, 0.3) is 0 Å². The lowest BCUT2D eigenvalue weighted by Crippen LogP contribution is -2.51. The third-order valence-electron chi connectivity index (χ3n) is 4.12. The maximum atomic E-state index is 14.3. The number of halogens is 1. The Labute approximate surface area is 120 Å². The number of hydrogen-bond acceptors (Lipinski definition) is 3. The minimum atomic E-state index is -1.29. The molecule has 2 bridgehead atoms. The van der Waals surface area contributed by atoms with Crippen LogP contribution in [0.3, 0.4) is 0 Å². The monoisotopic (exact) mass is 298 g/mol. The van der Waals surface area contributed by atoms with E-state index in [1.54, 1.807) is 0 Å². The molecule has 2 fully saturated rings. The highest BCUT2D eigenvalue weighted by Crippen LogP contribution is 2.45. The molecular formula is C15H19FO3S. The van der Waals surface area contributed by atoms with Gasteiger partial charge < -0.3 is 9.47 Å². The molecule has 3 nitrogen and oxygen atoms in total. The number of aryl methyl sites for hydroxylation is 1. The van der Waals surface area contributed by atoms with E-state index in [1.807, 2.05) is 38.1 Å². The molecule has 5 heteroatoms. The molecule has 3 rings (SSSR count). The standard InChI is InChI=1S/C15H19FO3S/c1-11-3-5-12(6-4-11)20(17)10-15-9-18-14(2,19-15)8-7-13(15)16/h3-6,13H,7-10H2,1-2H3/t13-,14-,15+,20?/m1/s1. The molecule has 2 aliphatic heterocycles. The van der Waals surface area contributed by atoms with Crippen LogP contribution < -0.4 is 0 Å². The fourth-order valence-corrected chi connectivity index (χ4v) is 4.22. The van der Waals surface area contributed by atoms with Gasteiger partial charge in [-0.15, -0.1) is 0 Å². The van der Waals surface area contributed by atoms with Crippen LogP contribution in [-0.2, 0) is 20.3 Å². The molecular weight excluding hydrogens is 279 g/mol. The van der Waals surface area contributed by atoms with E-state index in [1.165, 1.54) is 0 Å². The largest absolute Gasteiger partial charge is 0.347 e. The molecule has 0 N–H and O–H groups in total. The summed E-state index contributed by atoms with van der Waals surface area (Å²) in [4.78, 5) is 0.708. The molecule has 110 valence electrons. The van der Waals surface area contributed by atoms with E-state index < -0.39 is 28.4 Å². The summed E-state index contributed by atoms with van der Waals surface area (Å²) in [7, 11) is -1.29. The lowest BCUT2D eigenvalue weighted by molar-refractivity contribution is -0.212. The second-order valence-corrected chi connectivity index (χ2v) is 7.35. The van der Waals surface area contributed by atoms with Gasteiger partial charge in [0.15, 0.2) is 5.79 Å². The Kier molecular flexibility index (Phi) is 3.47. The topological polar surface area (TPSA) is 35.5 Å². The number of ether oxygens (including phenoxy) is 2. The van der Waals surface area contributed by atoms with Crippen molar-refractivity contribution < 1.29 is 18.1 Å². The summed E-state index contributed by atoms with van der Waals surface area (Å²) in [6, 6.07) is 7.48. The summed E-state index contributed by atoms with van der Waals surface area (Å²) in [5.74, 6) is -0.563. The van der Waals surface area contributed by atoms with Gasteiger partial charge in [-0.25, -0.2) is 4.39 Å². The molecule has 2 aliphatic rings. The van der Waals surface area contributed by atoms with E-state index in [4.69, 9.17) is 9.47 Å². The van der Waals surface area contributed by atoms with Crippen LogP contribution in [0.4, 0.5) is 4.39 Å². The summed E-state index contributed by atoms with van der Waals surface area (Å²) in [6.45, 7) is 3.99. The minimum Gasteiger partial charge on any atom is -0.347 e. The molecule has 0 saturated carbocycles. The maximum Gasteiger partial charge on any atom is 0.166 e. The molecule has 20 heavy (non-hydrogen) atoms. The molecule has 0 amide bonds. The van der Waals surface area contributed by atoms with Crippen molar-refractivity contribution >= 4 is 10.8 Å². The normalized spacial score (nSPS) is 37.9. The first kappa shape index (κ1) is 14.2. The van der Waals surface area contributed by atoms with Crippen molar-refractivity contribution in [1.29, 1.82) is 0 Å². The molecule has 0 aromatic heterocycles. The molecule has 0 radical (unpaired) electrons. The van der Waals surface area contributed by atoms with Gasteiger partial charge in [-0.2, -0.15) is 0 Å². The highest BCUT2D eigenvalue weighted by atomic mass is 32.2. The van der Waals surface area contributed by atoms with E-state index in [2.05, 4.69) is 0 Å². The highest BCUT2D eigenvalue weighted by molar-refractivity contribution is 7.85. The predicted molar refractivity (Wildman–Crippen MR) is 74.8 cm³/mol. The van der Waals surface area contributed by atoms with Crippen molar-refractivity contribution in [2.45, 2.75) is 49.1 Å². The van der Waals surface area contributed by atoms with Gasteiger partial charge >= 0.3 is 0 Å². The zero-order valence-electron chi connectivity index (χ0n) is 11.7. The van der Waals surface area contributed by atoms with Gasteiger partial charge in [-0.3, -0.25) is 4.21 Å². The van der Waals surface area contributed by atoms with Gasteiger partial charge in [-0.05, 0) is 32.4 Å². The average Bonchev–Trinajstić information content (AvgIpc) is 2.70. The Bertz CT molecular complexity index is 532. The Hall–Kier alpha value is -0.780. The summed E-state index contributed by atoms with van der Waals surface area (Å²) < 4.78 is 38.2. The smallest absolute Gasteiger partial charge is 0.166 e. The second-order valence-electron chi connectivity index (χ2n) is 5.90. The predicted octanol–water partition coefficient (Wildman–Crippen LogP) is 2.74. The zero-order valence-corrected chi connectivity index (χ0v) is 12.5. The molecule has 2 heterocycles. The highest BCUT2D eigenvalue weighted by Gasteiger charge is 2.57. The van der Waals surface area contributed by atoms with Crippen LogP contribution in [-0.4, -0.2) is 34.1 Å². The molecule has 1 aromatic carbocycles. The van der Waals surface area contributed by atoms with Crippen LogP contribution in [0, 0.1) is 6.92 Å². The Morgan fingerprint density at radius 2 is 2.10 bits per heavy atom. The first-order chi connectivity index (χ1) is 9.42. The second kappa shape index (κ2) is 4.90. The molecule has 4 atom stereocenters. The van der Waals surface area contributed by atoms with Crippen LogP contribution in [0.5, 0.6) is 0 Å². The number of fused-ring (bicyclic) bond motifs is 2. The summed E-state index contributed by atoms with van der Waals surface area (Å²) >= 11 is 0. The number of hydrogen-bond donors (Lipinski definition) is 0. The number of benzene rings is 1. The van der Waals surface area contributed by atoms with E-state index in [9.17, 15) is 8.60 Å². The van der Waals surface area contributed by atoms with Crippen molar-refractivity contribution in [2.75, 3.05) is 12.4 Å². The van der Waals surface area contributed by atoms with Crippen molar-refractivity contribution in [3.8, 4) is 0 Å². The van der Waals surface area contributed by atoms with E-state index in [0.29, 0.717) is 17.7 Å². The third kappa shape index (κ3) is 2.43. The Balaban J connectivity index is 1.79. The van der Waals surface area contributed by atoms with Crippen molar-refractivity contribution in [1.82, 2.24) is 0 Å². The lowest BCUT2D eigenvalue weighted by atomic mass is 9.93. The van der Waals surface area contributed by atoms with Crippen LogP contribution in [0.2, 0.25) is 0 Å². The average molecular weight is 298 g/mol. The fraction of sp³-hybridized carbons (Fsp3) is 0.600. The first-order valence-electron chi connectivity index (χ1n) is 6.86. The van der Waals surface area contributed by atoms with Gasteiger partial charge in [0.05, 0.1) is 23.2 Å². The zero-order chi connectivity index (χ0) is 14.4. The van der Waals surface area contributed by atoms with Crippen LogP contribution >= 0.6 is 0 Å². The fourth-order valence-electron chi connectivity index (χ4n) is 2.85. The summed E-state index contributed by atoms with van der Waals surface area (Å²) in [5, 5.41) is 0. The van der Waals surface area contributed by atoms with E-state index in [0.717, 1.165) is 5.56 Å². The van der Waals surface area contributed by atoms with E-state index >= 15 is 0 Å². The van der Waals surface area contributed by atoms with E-state index in [-0.39, 0.29) is 12.4 Å². The van der Waals surface area contributed by atoms with Crippen LogP contribution in [0.15, 0.2) is 29.2 Å². The lowest BCUT2D eigenvalue weighted by Gasteiger charge is -2.37. The van der Waals surface area contributed by atoms with Crippen molar-refractivity contribution in [3.63, 3.8) is 0 Å². The van der Waals surface area contributed by atoms with Gasteiger partial charge in [0.2, 0.25) is 0 Å². The quantitative estimate of drug-likeness (QED) is 0.861. The molecule has 1 unspecified atom stereocenters. The SMILES string of the molecule is Cc1ccc(S(=O)C[C@@]23CO[C@@](C)(CC[C@H]2F)O3)cc1. The van der Waals surface area contributed by atoms with Gasteiger partial charge in [0.25, 0.3) is 0 Å². The summed E-state index contributed by atoms with van der Waals surface area (Å²) in [5.41, 5.74) is 0.0564. The van der Waals surface area contributed by atoms with Gasteiger partial charge in [0, 0.05) is 11.3 Å². The number of alkyl halides is 1. The van der Waals surface area contributed by atoms with Crippen molar-refractivity contribution in [3.05, 3.63) is 29.8 Å². The molecule has 2 saturated heterocycles. The maximum absolute atomic E-state index is 14.3. The number of rotatable bonds is 3. The molecule has 1 aromatic rings. The Morgan fingerprint density at radius 3 is 2.80 bits per heavy atom. The van der Waals surface area contributed by atoms with Crippen LogP contribution in [0.1, 0.15) is 25.3 Å².